The Morgan fingerprint density at radius 3 is 2.55 bits per heavy atom. The summed E-state index contributed by atoms with van der Waals surface area (Å²) < 4.78 is 13.5. The van der Waals surface area contributed by atoms with Crippen LogP contribution in [0.1, 0.15) is 25.3 Å². The fourth-order valence-electron chi connectivity index (χ4n) is 3.14. The van der Waals surface area contributed by atoms with Crippen LogP contribution in [0.3, 0.4) is 0 Å². The zero-order valence-electron chi connectivity index (χ0n) is 12.2. The van der Waals surface area contributed by atoms with Gasteiger partial charge in [-0.3, -0.25) is 4.90 Å². The van der Waals surface area contributed by atoms with Crippen molar-refractivity contribution >= 4 is 5.69 Å². The summed E-state index contributed by atoms with van der Waals surface area (Å²) in [6.45, 7) is 6.29. The third-order valence-electron chi connectivity index (χ3n) is 4.30. The molecule has 1 aliphatic heterocycles. The molecule has 1 saturated carbocycles. The lowest BCUT2D eigenvalue weighted by Gasteiger charge is -2.37. The second kappa shape index (κ2) is 5.70. The summed E-state index contributed by atoms with van der Waals surface area (Å²) in [7, 11) is 0. The van der Waals surface area contributed by atoms with E-state index in [2.05, 4.69) is 9.80 Å². The van der Waals surface area contributed by atoms with Gasteiger partial charge in [-0.2, -0.15) is 0 Å². The average Bonchev–Trinajstić information content (AvgIpc) is 3.23. The Kier molecular flexibility index (Phi) is 3.94. The molecular weight excluding hydrogens is 253 g/mol. The molecule has 4 heteroatoms. The smallest absolute Gasteiger partial charge is 0.123 e. The quantitative estimate of drug-likeness (QED) is 0.913. The molecule has 0 bridgehead atoms. The van der Waals surface area contributed by atoms with Gasteiger partial charge in [-0.05, 0) is 49.9 Å². The molecule has 1 atom stereocenters. The Bertz CT molecular complexity index is 463. The van der Waals surface area contributed by atoms with Crippen LogP contribution in [-0.4, -0.2) is 43.2 Å². The van der Waals surface area contributed by atoms with Crippen molar-refractivity contribution in [3.8, 4) is 0 Å². The van der Waals surface area contributed by atoms with Crippen LogP contribution in [0.2, 0.25) is 0 Å². The molecule has 2 N–H and O–H groups in total. The number of hydrogen-bond acceptors (Lipinski definition) is 3. The van der Waals surface area contributed by atoms with Crippen molar-refractivity contribution in [1.29, 1.82) is 0 Å². The molecule has 3 rings (SSSR count). The predicted octanol–water partition coefficient (Wildman–Crippen LogP) is 2.00. The summed E-state index contributed by atoms with van der Waals surface area (Å²) in [6, 6.07) is 6.02. The number of piperazine rings is 1. The van der Waals surface area contributed by atoms with E-state index in [0.29, 0.717) is 0 Å². The zero-order valence-corrected chi connectivity index (χ0v) is 12.2. The van der Waals surface area contributed by atoms with Gasteiger partial charge in [-0.15, -0.1) is 0 Å². The summed E-state index contributed by atoms with van der Waals surface area (Å²) in [5.74, 6) is -0.166. The SMILES string of the molecule is CC(N)Cc1cc(F)ccc1N1CCN(C2CC2)CC1. The normalized spacial score (nSPS) is 22.1. The standard InChI is InChI=1S/C16H24FN3/c1-12(18)10-13-11-14(17)2-5-16(13)20-8-6-19(7-9-20)15-3-4-15/h2,5,11-12,15H,3-4,6-10,18H2,1H3. The van der Waals surface area contributed by atoms with Gasteiger partial charge in [0.2, 0.25) is 0 Å². The van der Waals surface area contributed by atoms with Gasteiger partial charge in [0.15, 0.2) is 0 Å². The molecule has 1 aliphatic carbocycles. The first-order chi connectivity index (χ1) is 9.63. The van der Waals surface area contributed by atoms with Gasteiger partial charge in [0.05, 0.1) is 0 Å². The fraction of sp³-hybridized carbons (Fsp3) is 0.625. The van der Waals surface area contributed by atoms with E-state index in [9.17, 15) is 4.39 Å². The van der Waals surface area contributed by atoms with Crippen molar-refractivity contribution in [3.05, 3.63) is 29.6 Å². The van der Waals surface area contributed by atoms with E-state index in [-0.39, 0.29) is 11.9 Å². The van der Waals surface area contributed by atoms with Crippen molar-refractivity contribution in [2.24, 2.45) is 5.73 Å². The van der Waals surface area contributed by atoms with Crippen LogP contribution in [0.25, 0.3) is 0 Å². The van der Waals surface area contributed by atoms with Crippen LogP contribution in [0.4, 0.5) is 10.1 Å². The fourth-order valence-corrected chi connectivity index (χ4v) is 3.14. The Hall–Kier alpha value is -1.13. The van der Waals surface area contributed by atoms with Crippen LogP contribution < -0.4 is 10.6 Å². The summed E-state index contributed by atoms with van der Waals surface area (Å²) in [5, 5.41) is 0. The number of rotatable bonds is 4. The number of halogens is 1. The molecule has 1 aromatic carbocycles. The molecule has 2 fully saturated rings. The molecule has 0 aromatic heterocycles. The molecule has 0 spiro atoms. The lowest BCUT2D eigenvalue weighted by Crippen LogP contribution is -2.47. The number of hydrogen-bond donors (Lipinski definition) is 1. The highest BCUT2D eigenvalue weighted by Gasteiger charge is 2.31. The molecular formula is C16H24FN3. The van der Waals surface area contributed by atoms with Crippen molar-refractivity contribution < 1.29 is 4.39 Å². The minimum Gasteiger partial charge on any atom is -0.369 e. The average molecular weight is 277 g/mol. The number of nitrogens with two attached hydrogens (primary N) is 1. The summed E-state index contributed by atoms with van der Waals surface area (Å²) in [6.07, 6.45) is 3.47. The van der Waals surface area contributed by atoms with Gasteiger partial charge in [0.1, 0.15) is 5.82 Å². The second-order valence-corrected chi connectivity index (χ2v) is 6.21. The van der Waals surface area contributed by atoms with E-state index >= 15 is 0 Å². The van der Waals surface area contributed by atoms with E-state index in [1.54, 1.807) is 12.1 Å². The Labute approximate surface area is 120 Å². The molecule has 110 valence electrons. The maximum Gasteiger partial charge on any atom is 0.123 e. The molecule has 1 heterocycles. The maximum atomic E-state index is 13.5. The van der Waals surface area contributed by atoms with Crippen molar-refractivity contribution in [2.45, 2.75) is 38.3 Å². The van der Waals surface area contributed by atoms with Crippen LogP contribution in [0.15, 0.2) is 18.2 Å². The molecule has 1 saturated heterocycles. The van der Waals surface area contributed by atoms with Crippen LogP contribution in [0, 0.1) is 5.82 Å². The Balaban J connectivity index is 1.72. The summed E-state index contributed by atoms with van der Waals surface area (Å²) in [4.78, 5) is 4.97. The van der Waals surface area contributed by atoms with Crippen LogP contribution in [0.5, 0.6) is 0 Å². The number of benzene rings is 1. The van der Waals surface area contributed by atoms with E-state index in [4.69, 9.17) is 5.73 Å². The molecule has 1 aromatic rings. The minimum absolute atomic E-state index is 0.0586. The van der Waals surface area contributed by atoms with Crippen LogP contribution >= 0.6 is 0 Å². The van der Waals surface area contributed by atoms with E-state index in [0.717, 1.165) is 44.2 Å². The Morgan fingerprint density at radius 2 is 1.95 bits per heavy atom. The molecule has 3 nitrogen and oxygen atoms in total. The van der Waals surface area contributed by atoms with E-state index in [1.165, 1.54) is 18.5 Å². The second-order valence-electron chi connectivity index (χ2n) is 6.21. The van der Waals surface area contributed by atoms with Gasteiger partial charge in [-0.25, -0.2) is 4.39 Å². The van der Waals surface area contributed by atoms with Gasteiger partial charge in [0, 0.05) is 44.0 Å². The predicted molar refractivity (Wildman–Crippen MR) is 80.6 cm³/mol. The highest BCUT2D eigenvalue weighted by molar-refractivity contribution is 5.54. The maximum absolute atomic E-state index is 13.5. The van der Waals surface area contributed by atoms with Crippen LogP contribution in [-0.2, 0) is 6.42 Å². The molecule has 0 amide bonds. The van der Waals surface area contributed by atoms with Gasteiger partial charge < -0.3 is 10.6 Å². The third-order valence-corrected chi connectivity index (χ3v) is 4.30. The molecule has 0 radical (unpaired) electrons. The number of nitrogens with zero attached hydrogens (tertiary/aromatic N) is 2. The zero-order chi connectivity index (χ0) is 14.1. The van der Waals surface area contributed by atoms with Gasteiger partial charge in [0.25, 0.3) is 0 Å². The van der Waals surface area contributed by atoms with Gasteiger partial charge >= 0.3 is 0 Å². The molecule has 1 unspecified atom stereocenters. The highest BCUT2D eigenvalue weighted by Crippen LogP contribution is 2.30. The highest BCUT2D eigenvalue weighted by atomic mass is 19.1. The first kappa shape index (κ1) is 13.8. The van der Waals surface area contributed by atoms with E-state index < -0.39 is 0 Å². The van der Waals surface area contributed by atoms with Crippen molar-refractivity contribution in [3.63, 3.8) is 0 Å². The lowest BCUT2D eigenvalue weighted by molar-refractivity contribution is 0.248. The van der Waals surface area contributed by atoms with Crippen molar-refractivity contribution in [1.82, 2.24) is 4.90 Å². The lowest BCUT2D eigenvalue weighted by atomic mass is 10.0. The molecule has 2 aliphatic rings. The molecule has 20 heavy (non-hydrogen) atoms. The Morgan fingerprint density at radius 1 is 1.25 bits per heavy atom. The first-order valence-corrected chi connectivity index (χ1v) is 7.66. The largest absolute Gasteiger partial charge is 0.369 e. The third kappa shape index (κ3) is 3.13. The first-order valence-electron chi connectivity index (χ1n) is 7.66. The number of anilines is 1. The summed E-state index contributed by atoms with van der Waals surface area (Å²) in [5.41, 5.74) is 8.10. The minimum atomic E-state index is -0.166. The monoisotopic (exact) mass is 277 g/mol. The van der Waals surface area contributed by atoms with E-state index in [1.807, 2.05) is 13.0 Å². The topological polar surface area (TPSA) is 32.5 Å². The van der Waals surface area contributed by atoms with Crippen molar-refractivity contribution in [2.75, 3.05) is 31.1 Å². The summed E-state index contributed by atoms with van der Waals surface area (Å²) >= 11 is 0. The van der Waals surface area contributed by atoms with Gasteiger partial charge in [-0.1, -0.05) is 0 Å².